The summed E-state index contributed by atoms with van der Waals surface area (Å²) in [5.74, 6) is -0.0328. The lowest BCUT2D eigenvalue weighted by atomic mass is 10.2. The van der Waals surface area contributed by atoms with Crippen LogP contribution in [0.25, 0.3) is 11.0 Å². The van der Waals surface area contributed by atoms with Crippen LogP contribution < -0.4 is 11.1 Å². The van der Waals surface area contributed by atoms with E-state index in [0.29, 0.717) is 6.54 Å². The molecule has 1 aromatic carbocycles. The molecule has 0 radical (unpaired) electrons. The van der Waals surface area contributed by atoms with Gasteiger partial charge in [0, 0.05) is 13.6 Å². The van der Waals surface area contributed by atoms with Gasteiger partial charge in [0.25, 0.3) is 0 Å². The van der Waals surface area contributed by atoms with Gasteiger partial charge in [0.1, 0.15) is 5.82 Å². The lowest BCUT2D eigenvalue weighted by molar-refractivity contribution is 0.0958. The van der Waals surface area contributed by atoms with E-state index in [4.69, 9.17) is 15.2 Å². The quantitative estimate of drug-likeness (QED) is 0.708. The molecule has 0 aliphatic carbocycles. The van der Waals surface area contributed by atoms with Crippen molar-refractivity contribution in [2.45, 2.75) is 25.4 Å². The number of fused-ring (bicyclic) bond motifs is 1. The zero-order chi connectivity index (χ0) is 19.0. The standard InChI is InChI=1S/C17H19N7O3/c1-23-11-6-3-2-5-10(11)20-15(23)12-7-4-8-24(12)17(26)19-9-13-21-16(14(18)25)27-22-13/h2-3,5-6,12H,4,7-9H2,1H3,(H2,18,25)(H,19,26)/t12-/m1/s1. The van der Waals surface area contributed by atoms with Crippen molar-refractivity contribution in [3.63, 3.8) is 0 Å². The number of aryl methyl sites for hydroxylation is 1. The summed E-state index contributed by atoms with van der Waals surface area (Å²) in [7, 11) is 1.96. The van der Waals surface area contributed by atoms with Crippen molar-refractivity contribution in [1.29, 1.82) is 0 Å². The van der Waals surface area contributed by atoms with Crippen molar-refractivity contribution < 1.29 is 14.1 Å². The van der Waals surface area contributed by atoms with Gasteiger partial charge in [-0.3, -0.25) is 4.79 Å². The predicted octanol–water partition coefficient (Wildman–Crippen LogP) is 1.10. The Hall–Kier alpha value is -3.43. The van der Waals surface area contributed by atoms with E-state index in [-0.39, 0.29) is 30.3 Å². The highest BCUT2D eigenvalue weighted by atomic mass is 16.5. The minimum atomic E-state index is -0.804. The number of urea groups is 1. The molecule has 3 heterocycles. The molecule has 4 rings (SSSR count). The van der Waals surface area contributed by atoms with Gasteiger partial charge < -0.3 is 25.0 Å². The monoisotopic (exact) mass is 369 g/mol. The Morgan fingerprint density at radius 2 is 2.15 bits per heavy atom. The number of para-hydroxylation sites is 2. The van der Waals surface area contributed by atoms with Crippen molar-refractivity contribution in [1.82, 2.24) is 29.9 Å². The van der Waals surface area contributed by atoms with Crippen LogP contribution >= 0.6 is 0 Å². The van der Waals surface area contributed by atoms with Gasteiger partial charge in [0.15, 0.2) is 5.82 Å². The average molecular weight is 369 g/mol. The molecule has 3 aromatic rings. The first-order chi connectivity index (χ1) is 13.0. The van der Waals surface area contributed by atoms with Gasteiger partial charge in [0.2, 0.25) is 0 Å². The van der Waals surface area contributed by atoms with E-state index in [9.17, 15) is 9.59 Å². The second kappa shape index (κ2) is 6.71. The van der Waals surface area contributed by atoms with Crippen LogP contribution in [-0.2, 0) is 13.6 Å². The Balaban J connectivity index is 1.49. The SMILES string of the molecule is Cn1c([C@H]2CCCN2C(=O)NCc2noc(C(N)=O)n2)nc2ccccc21. The van der Waals surface area contributed by atoms with Crippen LogP contribution in [0.5, 0.6) is 0 Å². The van der Waals surface area contributed by atoms with Gasteiger partial charge in [-0.15, -0.1) is 0 Å². The Bertz CT molecular complexity index is 1010. The number of rotatable bonds is 4. The van der Waals surface area contributed by atoms with Gasteiger partial charge in [0.05, 0.1) is 23.6 Å². The van der Waals surface area contributed by atoms with Crippen molar-refractivity contribution in [2.24, 2.45) is 12.8 Å². The van der Waals surface area contributed by atoms with Crippen LogP contribution in [0.15, 0.2) is 28.8 Å². The number of imidazole rings is 1. The zero-order valence-corrected chi connectivity index (χ0v) is 14.8. The Labute approximate surface area is 154 Å². The summed E-state index contributed by atoms with van der Waals surface area (Å²) >= 11 is 0. The molecule has 3 amide bonds. The second-order valence-electron chi connectivity index (χ2n) is 6.41. The van der Waals surface area contributed by atoms with Gasteiger partial charge in [-0.25, -0.2) is 9.78 Å². The molecule has 0 bridgehead atoms. The highest BCUT2D eigenvalue weighted by Crippen LogP contribution is 2.32. The van der Waals surface area contributed by atoms with E-state index >= 15 is 0 Å². The Morgan fingerprint density at radius 1 is 1.33 bits per heavy atom. The molecular formula is C17H19N7O3. The number of nitrogens with one attached hydrogen (secondary N) is 1. The molecule has 0 spiro atoms. The Kier molecular flexibility index (Phi) is 4.22. The highest BCUT2D eigenvalue weighted by molar-refractivity contribution is 5.87. The molecule has 27 heavy (non-hydrogen) atoms. The van der Waals surface area contributed by atoms with Crippen LogP contribution in [0.1, 0.15) is 41.2 Å². The highest BCUT2D eigenvalue weighted by Gasteiger charge is 2.33. The predicted molar refractivity (Wildman–Crippen MR) is 94.4 cm³/mol. The zero-order valence-electron chi connectivity index (χ0n) is 14.8. The molecule has 3 N–H and O–H groups in total. The van der Waals surface area contributed by atoms with Crippen LogP contribution in [0, 0.1) is 0 Å². The summed E-state index contributed by atoms with van der Waals surface area (Å²) in [6, 6.07) is 7.55. The van der Waals surface area contributed by atoms with Gasteiger partial charge >= 0.3 is 17.8 Å². The number of aromatic nitrogens is 4. The van der Waals surface area contributed by atoms with Gasteiger partial charge in [-0.2, -0.15) is 4.98 Å². The minimum absolute atomic E-state index is 0.0430. The molecule has 0 saturated carbocycles. The summed E-state index contributed by atoms with van der Waals surface area (Å²) in [6.45, 7) is 0.680. The molecule has 2 aromatic heterocycles. The van der Waals surface area contributed by atoms with Crippen LogP contribution in [-0.4, -0.2) is 43.1 Å². The lowest BCUT2D eigenvalue weighted by Crippen LogP contribution is -2.40. The van der Waals surface area contributed by atoms with Crippen molar-refractivity contribution >= 4 is 23.0 Å². The fourth-order valence-corrected chi connectivity index (χ4v) is 3.42. The Morgan fingerprint density at radius 3 is 2.89 bits per heavy atom. The molecule has 1 saturated heterocycles. The third-order valence-corrected chi connectivity index (χ3v) is 4.71. The third kappa shape index (κ3) is 3.09. The second-order valence-corrected chi connectivity index (χ2v) is 6.41. The summed E-state index contributed by atoms with van der Waals surface area (Å²) in [4.78, 5) is 34.0. The van der Waals surface area contributed by atoms with Gasteiger partial charge in [-0.1, -0.05) is 17.3 Å². The largest absolute Gasteiger partial charge is 0.361 e. The summed E-state index contributed by atoms with van der Waals surface area (Å²) in [5.41, 5.74) is 7.01. The first kappa shape index (κ1) is 17.0. The number of hydrogen-bond donors (Lipinski definition) is 2. The lowest BCUT2D eigenvalue weighted by Gasteiger charge is -2.24. The van der Waals surface area contributed by atoms with Crippen LogP contribution in [0.3, 0.4) is 0 Å². The molecular weight excluding hydrogens is 350 g/mol. The van der Waals surface area contributed by atoms with Crippen LogP contribution in [0.2, 0.25) is 0 Å². The number of carbonyl (C=O) groups excluding carboxylic acids is 2. The van der Waals surface area contributed by atoms with E-state index in [0.717, 1.165) is 29.7 Å². The maximum atomic E-state index is 12.7. The summed E-state index contributed by atoms with van der Waals surface area (Å²) in [5, 5.41) is 6.38. The molecule has 10 heteroatoms. The maximum absolute atomic E-state index is 12.7. The van der Waals surface area contributed by atoms with E-state index < -0.39 is 5.91 Å². The maximum Gasteiger partial charge on any atom is 0.318 e. The minimum Gasteiger partial charge on any atom is -0.361 e. The number of nitrogens with two attached hydrogens (primary N) is 1. The average Bonchev–Trinajstić information content (AvgIpc) is 3.38. The number of primary amides is 1. The fourth-order valence-electron chi connectivity index (χ4n) is 3.42. The molecule has 140 valence electrons. The first-order valence-electron chi connectivity index (χ1n) is 8.63. The number of carbonyl (C=O) groups is 2. The number of likely N-dealkylation sites (tertiary alicyclic amines) is 1. The molecule has 1 aliphatic heterocycles. The van der Waals surface area contributed by atoms with Crippen molar-refractivity contribution in [2.75, 3.05) is 6.54 Å². The molecule has 1 aliphatic rings. The van der Waals surface area contributed by atoms with E-state index in [1.54, 1.807) is 4.90 Å². The number of nitrogens with zero attached hydrogens (tertiary/aromatic N) is 5. The van der Waals surface area contributed by atoms with Crippen molar-refractivity contribution in [3.8, 4) is 0 Å². The molecule has 0 unspecified atom stereocenters. The van der Waals surface area contributed by atoms with E-state index in [1.165, 1.54) is 0 Å². The van der Waals surface area contributed by atoms with Crippen LogP contribution in [0.4, 0.5) is 4.79 Å². The first-order valence-corrected chi connectivity index (χ1v) is 8.63. The van der Waals surface area contributed by atoms with Gasteiger partial charge in [-0.05, 0) is 25.0 Å². The third-order valence-electron chi connectivity index (χ3n) is 4.71. The molecule has 1 fully saturated rings. The number of benzene rings is 1. The normalized spacial score (nSPS) is 16.8. The molecule has 1 atom stereocenters. The number of hydrogen-bond acceptors (Lipinski definition) is 6. The van der Waals surface area contributed by atoms with Crippen molar-refractivity contribution in [3.05, 3.63) is 41.8 Å². The van der Waals surface area contributed by atoms with E-state index in [2.05, 4.69) is 15.5 Å². The molecule has 10 nitrogen and oxygen atoms in total. The smallest absolute Gasteiger partial charge is 0.318 e. The fraction of sp³-hybridized carbons (Fsp3) is 0.353. The summed E-state index contributed by atoms with van der Waals surface area (Å²) < 4.78 is 6.74. The number of amides is 3. The van der Waals surface area contributed by atoms with E-state index in [1.807, 2.05) is 35.9 Å². The topological polar surface area (TPSA) is 132 Å². The summed E-state index contributed by atoms with van der Waals surface area (Å²) in [6.07, 6.45) is 1.74.